The molecule has 5 aromatic rings. The van der Waals surface area contributed by atoms with Crippen molar-refractivity contribution in [3.05, 3.63) is 90.3 Å². The zero-order valence-corrected chi connectivity index (χ0v) is 19.1. The number of anilines is 1. The third-order valence-electron chi connectivity index (χ3n) is 6.14. The van der Waals surface area contributed by atoms with Crippen LogP contribution in [0.2, 0.25) is 0 Å². The van der Waals surface area contributed by atoms with Gasteiger partial charge in [0.1, 0.15) is 17.4 Å². The normalized spacial score (nSPS) is 13.5. The average molecular weight is 451 g/mol. The summed E-state index contributed by atoms with van der Waals surface area (Å²) in [6.45, 7) is 5.85. The highest BCUT2D eigenvalue weighted by Gasteiger charge is 2.18. The molecule has 1 fully saturated rings. The lowest BCUT2D eigenvalue weighted by Gasteiger charge is -2.29. The SMILES string of the molecule is Cc1nc2c(C#N)cc(N3CCOCC3)cc2n1Cc1cccc2ccccc12.c1c[nH]cn1. The molecule has 0 spiro atoms. The van der Waals surface area contributed by atoms with Gasteiger partial charge in [-0.1, -0.05) is 42.5 Å². The summed E-state index contributed by atoms with van der Waals surface area (Å²) in [6.07, 6.45) is 5.08. The van der Waals surface area contributed by atoms with E-state index in [1.54, 1.807) is 18.7 Å². The summed E-state index contributed by atoms with van der Waals surface area (Å²) >= 11 is 0. The van der Waals surface area contributed by atoms with E-state index in [4.69, 9.17) is 9.72 Å². The fourth-order valence-corrected chi connectivity index (χ4v) is 4.43. The smallest absolute Gasteiger partial charge is 0.107 e. The van der Waals surface area contributed by atoms with E-state index in [1.807, 2.05) is 13.0 Å². The molecule has 3 heterocycles. The lowest BCUT2D eigenvalue weighted by atomic mass is 10.0. The van der Waals surface area contributed by atoms with E-state index in [-0.39, 0.29) is 0 Å². The highest BCUT2D eigenvalue weighted by Crippen LogP contribution is 2.29. The minimum absolute atomic E-state index is 0.628. The highest BCUT2D eigenvalue weighted by atomic mass is 16.5. The van der Waals surface area contributed by atoms with Gasteiger partial charge >= 0.3 is 0 Å². The quantitative estimate of drug-likeness (QED) is 0.432. The van der Waals surface area contributed by atoms with Crippen molar-refractivity contribution in [3.8, 4) is 6.07 Å². The predicted octanol–water partition coefficient (Wildman–Crippen LogP) is 4.66. The molecule has 1 N–H and O–H groups in total. The second-order valence-corrected chi connectivity index (χ2v) is 8.22. The summed E-state index contributed by atoms with van der Waals surface area (Å²) in [5.41, 5.74) is 4.74. The number of H-pyrrole nitrogens is 1. The molecule has 170 valence electrons. The molecule has 3 aromatic carbocycles. The Morgan fingerprint density at radius 1 is 1.09 bits per heavy atom. The van der Waals surface area contributed by atoms with Gasteiger partial charge in [0.2, 0.25) is 0 Å². The Bertz CT molecular complexity index is 1420. The number of benzene rings is 3. The molecule has 0 unspecified atom stereocenters. The first-order chi connectivity index (χ1) is 16.7. The number of nitrogens with one attached hydrogen (secondary N) is 1. The second-order valence-electron chi connectivity index (χ2n) is 8.22. The summed E-state index contributed by atoms with van der Waals surface area (Å²) in [5, 5.41) is 12.2. The van der Waals surface area contributed by atoms with Crippen molar-refractivity contribution in [3.63, 3.8) is 0 Å². The van der Waals surface area contributed by atoms with Crippen molar-refractivity contribution in [2.45, 2.75) is 13.5 Å². The van der Waals surface area contributed by atoms with E-state index in [2.05, 4.69) is 74.0 Å². The third kappa shape index (κ3) is 4.36. The van der Waals surface area contributed by atoms with Crippen molar-refractivity contribution in [2.75, 3.05) is 31.2 Å². The summed E-state index contributed by atoms with van der Waals surface area (Å²) in [6, 6.07) is 21.4. The largest absolute Gasteiger partial charge is 0.378 e. The van der Waals surface area contributed by atoms with Crippen molar-refractivity contribution in [1.29, 1.82) is 5.26 Å². The van der Waals surface area contributed by atoms with Gasteiger partial charge in [-0.2, -0.15) is 5.26 Å². The monoisotopic (exact) mass is 450 g/mol. The molecule has 1 saturated heterocycles. The number of aromatic amines is 1. The van der Waals surface area contributed by atoms with Gasteiger partial charge < -0.3 is 19.2 Å². The standard InChI is InChI=1S/C24H22N4O.C3H4N2/c1-17-26-24-20(15-25)13-21(27-9-11-29-12-10-27)14-23(24)28(17)16-19-7-4-6-18-5-2-3-8-22(18)19;1-2-5-3-4-1/h2-8,13-14H,9-12,16H2,1H3;1-3H,(H,4,5). The predicted molar refractivity (Wildman–Crippen MR) is 134 cm³/mol. The van der Waals surface area contributed by atoms with Crippen molar-refractivity contribution < 1.29 is 4.74 Å². The molecule has 7 nitrogen and oxygen atoms in total. The van der Waals surface area contributed by atoms with E-state index < -0.39 is 0 Å². The van der Waals surface area contributed by atoms with Gasteiger partial charge in [0.25, 0.3) is 0 Å². The summed E-state index contributed by atoms with van der Waals surface area (Å²) in [4.78, 5) is 13.4. The molecule has 34 heavy (non-hydrogen) atoms. The van der Waals surface area contributed by atoms with Gasteiger partial charge in [-0.25, -0.2) is 9.97 Å². The van der Waals surface area contributed by atoms with E-state index in [0.29, 0.717) is 18.8 Å². The van der Waals surface area contributed by atoms with Crippen molar-refractivity contribution >= 4 is 27.5 Å². The third-order valence-corrected chi connectivity index (χ3v) is 6.14. The van der Waals surface area contributed by atoms with Gasteiger partial charge in [0.05, 0.1) is 30.6 Å². The average Bonchev–Trinajstić information content (AvgIpc) is 3.57. The van der Waals surface area contributed by atoms with Crippen LogP contribution in [0, 0.1) is 18.3 Å². The zero-order valence-electron chi connectivity index (χ0n) is 19.1. The molecule has 0 saturated carbocycles. The number of rotatable bonds is 3. The molecular weight excluding hydrogens is 424 g/mol. The van der Waals surface area contributed by atoms with E-state index >= 15 is 0 Å². The maximum Gasteiger partial charge on any atom is 0.107 e. The second kappa shape index (κ2) is 9.77. The van der Waals surface area contributed by atoms with Crippen LogP contribution in [0.4, 0.5) is 5.69 Å². The van der Waals surface area contributed by atoms with Gasteiger partial charge in [-0.05, 0) is 35.4 Å². The lowest BCUT2D eigenvalue weighted by Crippen LogP contribution is -2.36. The molecule has 0 atom stereocenters. The Balaban J connectivity index is 0.000000429. The number of morpholine rings is 1. The van der Waals surface area contributed by atoms with Crippen LogP contribution >= 0.6 is 0 Å². The molecule has 0 aliphatic carbocycles. The van der Waals surface area contributed by atoms with Crippen LogP contribution in [0.3, 0.4) is 0 Å². The molecule has 1 aliphatic heterocycles. The molecule has 0 amide bonds. The molecular formula is C27H26N6O. The number of aryl methyl sites for hydroxylation is 1. The fourth-order valence-electron chi connectivity index (χ4n) is 4.43. The topological polar surface area (TPSA) is 82.8 Å². The lowest BCUT2D eigenvalue weighted by molar-refractivity contribution is 0.122. The molecule has 1 aliphatic rings. The molecule has 2 aromatic heterocycles. The van der Waals surface area contributed by atoms with Crippen LogP contribution in [-0.4, -0.2) is 45.8 Å². The number of ether oxygens (including phenoxy) is 1. The van der Waals surface area contributed by atoms with Gasteiger partial charge in [-0.15, -0.1) is 0 Å². The number of nitriles is 1. The Morgan fingerprint density at radius 3 is 2.65 bits per heavy atom. The minimum atomic E-state index is 0.628. The molecule has 0 bridgehead atoms. The Hall–Kier alpha value is -4.15. The van der Waals surface area contributed by atoms with Crippen LogP contribution in [0.1, 0.15) is 17.0 Å². The maximum absolute atomic E-state index is 9.75. The number of fused-ring (bicyclic) bond motifs is 2. The number of hydrogen-bond acceptors (Lipinski definition) is 5. The van der Waals surface area contributed by atoms with Gasteiger partial charge in [0, 0.05) is 37.7 Å². The van der Waals surface area contributed by atoms with E-state index in [0.717, 1.165) is 42.2 Å². The number of nitrogens with zero attached hydrogens (tertiary/aromatic N) is 5. The first-order valence-electron chi connectivity index (χ1n) is 11.4. The van der Waals surface area contributed by atoms with Crippen molar-refractivity contribution in [1.82, 2.24) is 19.5 Å². The van der Waals surface area contributed by atoms with Crippen LogP contribution in [0.25, 0.3) is 21.8 Å². The highest BCUT2D eigenvalue weighted by molar-refractivity contribution is 5.88. The van der Waals surface area contributed by atoms with E-state index in [1.165, 1.54) is 16.3 Å². The zero-order chi connectivity index (χ0) is 23.3. The minimum Gasteiger partial charge on any atom is -0.378 e. The van der Waals surface area contributed by atoms with Crippen LogP contribution in [0.5, 0.6) is 0 Å². The molecule has 0 radical (unpaired) electrons. The summed E-state index contributed by atoms with van der Waals surface area (Å²) in [5.74, 6) is 0.920. The number of hydrogen-bond donors (Lipinski definition) is 1. The van der Waals surface area contributed by atoms with Crippen molar-refractivity contribution in [2.24, 2.45) is 0 Å². The summed E-state index contributed by atoms with van der Waals surface area (Å²) < 4.78 is 7.71. The van der Waals surface area contributed by atoms with Gasteiger partial charge in [0.15, 0.2) is 0 Å². The Morgan fingerprint density at radius 2 is 1.91 bits per heavy atom. The number of aromatic nitrogens is 4. The van der Waals surface area contributed by atoms with E-state index in [9.17, 15) is 5.26 Å². The van der Waals surface area contributed by atoms with Crippen LogP contribution < -0.4 is 4.90 Å². The number of imidazole rings is 2. The summed E-state index contributed by atoms with van der Waals surface area (Å²) in [7, 11) is 0. The Kier molecular flexibility index (Phi) is 6.23. The fraction of sp³-hybridized carbons (Fsp3) is 0.222. The first-order valence-corrected chi connectivity index (χ1v) is 11.4. The Labute approximate surface area is 198 Å². The maximum atomic E-state index is 9.75. The van der Waals surface area contributed by atoms with Gasteiger partial charge in [-0.3, -0.25) is 0 Å². The molecule has 7 heteroatoms. The first kappa shape index (κ1) is 21.7. The van der Waals surface area contributed by atoms with Crippen LogP contribution in [-0.2, 0) is 11.3 Å². The molecule has 6 rings (SSSR count). The van der Waals surface area contributed by atoms with Crippen LogP contribution in [0.15, 0.2) is 73.3 Å².